The smallest absolute Gasteiger partial charge is 0.273 e. The van der Waals surface area contributed by atoms with Crippen molar-refractivity contribution in [3.63, 3.8) is 0 Å². The molecule has 0 fully saturated rings. The topological polar surface area (TPSA) is 65.3 Å². The number of hydrogen-bond acceptors (Lipinski definition) is 3. The van der Waals surface area contributed by atoms with Crippen LogP contribution in [0.15, 0.2) is 66.1 Å². The van der Waals surface area contributed by atoms with Crippen molar-refractivity contribution in [2.24, 2.45) is 12.8 Å². The van der Waals surface area contributed by atoms with E-state index in [1.165, 1.54) is 23.4 Å². The average molecular weight is 360 g/mol. The Balaban J connectivity index is 2.27. The fourth-order valence-corrected chi connectivity index (χ4v) is 3.28. The molecule has 2 heterocycles. The first kappa shape index (κ1) is 18.5. The van der Waals surface area contributed by atoms with E-state index in [2.05, 4.69) is 25.6 Å². The molecule has 138 valence electrons. The number of rotatable bonds is 5. The van der Waals surface area contributed by atoms with Crippen molar-refractivity contribution in [3.05, 3.63) is 99.8 Å². The Kier molecular flexibility index (Phi) is 5.12. The van der Waals surface area contributed by atoms with Crippen LogP contribution < -0.4 is 11.3 Å². The van der Waals surface area contributed by atoms with Gasteiger partial charge in [0.2, 0.25) is 0 Å². The zero-order valence-corrected chi connectivity index (χ0v) is 15.9. The summed E-state index contributed by atoms with van der Waals surface area (Å²) in [6.07, 6.45) is 7.31. The molecule has 0 unspecified atom stereocenters. The molecule has 0 aliphatic rings. The summed E-state index contributed by atoms with van der Waals surface area (Å²) >= 11 is 0. The van der Waals surface area contributed by atoms with E-state index in [0.29, 0.717) is 17.8 Å². The van der Waals surface area contributed by atoms with Gasteiger partial charge in [0.15, 0.2) is 5.65 Å². The molecule has 0 radical (unpaired) electrons. The van der Waals surface area contributed by atoms with Crippen molar-refractivity contribution in [2.45, 2.75) is 20.3 Å². The van der Waals surface area contributed by atoms with Crippen LogP contribution in [0.1, 0.15) is 28.1 Å². The molecule has 2 aromatic heterocycles. The lowest BCUT2D eigenvalue weighted by atomic mass is 10.0. The largest absolute Gasteiger partial charge is 0.405 e. The standard InChI is InChI=1S/C22H24N4O/c1-5-8-17(11-12-23)20-14-21(27)26-22(24-20)19(16(3)25(26)4)13-18-10-7-6-9-15(18)2/h5-12,14H,1,13,23H2,2-4H3/b12-11-,17-8+. The maximum atomic E-state index is 12.8. The minimum Gasteiger partial charge on any atom is -0.405 e. The quantitative estimate of drug-likeness (QED) is 0.710. The predicted molar refractivity (Wildman–Crippen MR) is 111 cm³/mol. The third-order valence-corrected chi connectivity index (χ3v) is 4.89. The Morgan fingerprint density at radius 3 is 2.70 bits per heavy atom. The molecule has 0 aliphatic carbocycles. The lowest BCUT2D eigenvalue weighted by Crippen LogP contribution is -2.20. The number of aromatic nitrogens is 3. The average Bonchev–Trinajstić information content (AvgIpc) is 2.88. The van der Waals surface area contributed by atoms with Crippen LogP contribution in [-0.2, 0) is 13.5 Å². The fourth-order valence-electron chi connectivity index (χ4n) is 3.28. The molecule has 0 amide bonds. The third-order valence-electron chi connectivity index (χ3n) is 4.89. The molecule has 3 aromatic rings. The molecule has 5 nitrogen and oxygen atoms in total. The summed E-state index contributed by atoms with van der Waals surface area (Å²) in [6, 6.07) is 9.80. The Bertz CT molecular complexity index is 1130. The van der Waals surface area contributed by atoms with Crippen molar-refractivity contribution < 1.29 is 0 Å². The Labute approximate surface area is 158 Å². The third kappa shape index (κ3) is 3.36. The highest BCUT2D eigenvalue weighted by Crippen LogP contribution is 2.22. The minimum absolute atomic E-state index is 0.128. The fraction of sp³-hybridized carbons (Fsp3) is 0.182. The van der Waals surface area contributed by atoms with Crippen molar-refractivity contribution in [2.75, 3.05) is 0 Å². The van der Waals surface area contributed by atoms with E-state index in [1.54, 1.807) is 22.7 Å². The van der Waals surface area contributed by atoms with Crippen LogP contribution in [-0.4, -0.2) is 14.2 Å². The molecule has 0 spiro atoms. The number of nitrogens with two attached hydrogens (primary N) is 1. The maximum Gasteiger partial charge on any atom is 0.273 e. The highest BCUT2D eigenvalue weighted by atomic mass is 16.1. The summed E-state index contributed by atoms with van der Waals surface area (Å²) in [5, 5.41) is 0. The van der Waals surface area contributed by atoms with Crippen molar-refractivity contribution >= 4 is 11.2 Å². The minimum atomic E-state index is -0.128. The van der Waals surface area contributed by atoms with E-state index in [0.717, 1.165) is 16.8 Å². The number of fused-ring (bicyclic) bond motifs is 1. The van der Waals surface area contributed by atoms with E-state index >= 15 is 0 Å². The number of aryl methyl sites for hydroxylation is 2. The molecule has 1 aromatic carbocycles. The molecular formula is C22H24N4O. The number of nitrogens with zero attached hydrogens (tertiary/aromatic N) is 3. The zero-order chi connectivity index (χ0) is 19.6. The first-order valence-corrected chi connectivity index (χ1v) is 8.82. The highest BCUT2D eigenvalue weighted by Gasteiger charge is 2.17. The maximum absolute atomic E-state index is 12.8. The molecule has 0 bridgehead atoms. The van der Waals surface area contributed by atoms with Gasteiger partial charge in [0.1, 0.15) is 0 Å². The van der Waals surface area contributed by atoms with Gasteiger partial charge in [-0.2, -0.15) is 4.52 Å². The first-order valence-electron chi connectivity index (χ1n) is 8.82. The summed E-state index contributed by atoms with van der Waals surface area (Å²) in [5.41, 5.74) is 11.9. The second-order valence-electron chi connectivity index (χ2n) is 6.52. The normalized spacial score (nSPS) is 12.2. The first-order chi connectivity index (χ1) is 13.0. The van der Waals surface area contributed by atoms with E-state index in [9.17, 15) is 4.79 Å². The van der Waals surface area contributed by atoms with Gasteiger partial charge >= 0.3 is 0 Å². The van der Waals surface area contributed by atoms with Gasteiger partial charge in [0.25, 0.3) is 5.56 Å². The van der Waals surface area contributed by atoms with Crippen LogP contribution in [0.25, 0.3) is 11.2 Å². The van der Waals surface area contributed by atoms with E-state index in [-0.39, 0.29) is 5.56 Å². The Morgan fingerprint density at radius 2 is 2.04 bits per heavy atom. The van der Waals surface area contributed by atoms with Gasteiger partial charge in [-0.05, 0) is 37.3 Å². The van der Waals surface area contributed by atoms with E-state index in [4.69, 9.17) is 10.7 Å². The van der Waals surface area contributed by atoms with Crippen LogP contribution in [0.5, 0.6) is 0 Å². The van der Waals surface area contributed by atoms with Crippen LogP contribution in [0.3, 0.4) is 0 Å². The second-order valence-corrected chi connectivity index (χ2v) is 6.52. The van der Waals surface area contributed by atoms with Crippen LogP contribution in [0, 0.1) is 13.8 Å². The van der Waals surface area contributed by atoms with Crippen LogP contribution >= 0.6 is 0 Å². The molecule has 0 saturated heterocycles. The number of allylic oxidation sites excluding steroid dienone is 4. The molecule has 2 N–H and O–H groups in total. The SMILES string of the molecule is C=C/C=C(\C=C/N)c1cc(=O)n2c(n1)c(Cc1ccccc1C)c(C)n2C. The van der Waals surface area contributed by atoms with Gasteiger partial charge in [-0.1, -0.05) is 43.0 Å². The summed E-state index contributed by atoms with van der Waals surface area (Å²) < 4.78 is 3.47. The van der Waals surface area contributed by atoms with Gasteiger partial charge in [-0.15, -0.1) is 0 Å². The van der Waals surface area contributed by atoms with Crippen molar-refractivity contribution in [1.82, 2.24) is 14.2 Å². The van der Waals surface area contributed by atoms with Gasteiger partial charge in [-0.25, -0.2) is 4.98 Å². The Hall–Kier alpha value is -3.34. The van der Waals surface area contributed by atoms with E-state index in [1.807, 2.05) is 30.8 Å². The van der Waals surface area contributed by atoms with Crippen LogP contribution in [0.4, 0.5) is 0 Å². The lowest BCUT2D eigenvalue weighted by Gasteiger charge is -2.06. The van der Waals surface area contributed by atoms with Gasteiger partial charge < -0.3 is 5.73 Å². The zero-order valence-electron chi connectivity index (χ0n) is 15.9. The van der Waals surface area contributed by atoms with Crippen molar-refractivity contribution in [1.29, 1.82) is 0 Å². The molecule has 3 rings (SSSR count). The monoisotopic (exact) mass is 360 g/mol. The molecule has 27 heavy (non-hydrogen) atoms. The molecule has 0 aliphatic heterocycles. The summed E-state index contributed by atoms with van der Waals surface area (Å²) in [4.78, 5) is 17.6. The predicted octanol–water partition coefficient (Wildman–Crippen LogP) is 3.28. The highest BCUT2D eigenvalue weighted by molar-refractivity contribution is 5.74. The van der Waals surface area contributed by atoms with Crippen LogP contribution in [0.2, 0.25) is 0 Å². The lowest BCUT2D eigenvalue weighted by molar-refractivity contribution is 0.659. The summed E-state index contributed by atoms with van der Waals surface area (Å²) in [7, 11) is 1.88. The summed E-state index contributed by atoms with van der Waals surface area (Å²) in [6.45, 7) is 7.84. The summed E-state index contributed by atoms with van der Waals surface area (Å²) in [5.74, 6) is 0. The number of benzene rings is 1. The van der Waals surface area contributed by atoms with E-state index < -0.39 is 0 Å². The molecule has 5 heteroatoms. The molecule has 0 atom stereocenters. The molecule has 0 saturated carbocycles. The van der Waals surface area contributed by atoms with Gasteiger partial charge in [0, 0.05) is 36.4 Å². The second kappa shape index (κ2) is 7.50. The number of hydrogen-bond donors (Lipinski definition) is 1. The molecular weight excluding hydrogens is 336 g/mol. The Morgan fingerprint density at radius 1 is 1.30 bits per heavy atom. The van der Waals surface area contributed by atoms with Gasteiger partial charge in [0.05, 0.1) is 5.69 Å². The van der Waals surface area contributed by atoms with Crippen molar-refractivity contribution in [3.8, 4) is 0 Å². The van der Waals surface area contributed by atoms with Gasteiger partial charge in [-0.3, -0.25) is 9.48 Å².